The zero-order valence-corrected chi connectivity index (χ0v) is 11.5. The molecule has 1 aliphatic heterocycles. The molecule has 2 fully saturated rings. The molecule has 1 aliphatic carbocycles. The van der Waals surface area contributed by atoms with E-state index in [-0.39, 0.29) is 0 Å². The number of likely N-dealkylation sites (tertiary alicyclic amines) is 1. The van der Waals surface area contributed by atoms with Crippen LogP contribution in [-0.4, -0.2) is 23.4 Å². The van der Waals surface area contributed by atoms with Gasteiger partial charge in [-0.2, -0.15) is 0 Å². The van der Waals surface area contributed by atoms with Crippen LogP contribution in [0.15, 0.2) is 0 Å². The minimum absolute atomic E-state index is 0.351. The van der Waals surface area contributed by atoms with Gasteiger partial charge in [0.15, 0.2) is 0 Å². The molecule has 1 saturated carbocycles. The van der Waals surface area contributed by atoms with Crippen molar-refractivity contribution in [3.8, 4) is 0 Å². The van der Waals surface area contributed by atoms with Crippen molar-refractivity contribution in [2.45, 2.75) is 71.3 Å². The number of piperidine rings is 1. The summed E-state index contributed by atoms with van der Waals surface area (Å²) in [6.07, 6.45) is 10.4. The Morgan fingerprint density at radius 1 is 1.00 bits per heavy atom. The first-order chi connectivity index (χ1) is 8.20. The summed E-state index contributed by atoms with van der Waals surface area (Å²) in [7, 11) is 0. The van der Waals surface area contributed by atoms with Crippen molar-refractivity contribution in [3.05, 3.63) is 0 Å². The topological polar surface area (TPSA) is 20.3 Å². The Labute approximate surface area is 106 Å². The quantitative estimate of drug-likeness (QED) is 0.682. The molecule has 0 radical (unpaired) electrons. The molecule has 2 unspecified atom stereocenters. The molecule has 1 amide bonds. The molecule has 2 rings (SSSR count). The third-order valence-electron chi connectivity index (χ3n) is 4.62. The minimum Gasteiger partial charge on any atom is -0.340 e. The van der Waals surface area contributed by atoms with Gasteiger partial charge >= 0.3 is 0 Å². The first-order valence-corrected chi connectivity index (χ1v) is 7.50. The van der Waals surface area contributed by atoms with Crippen molar-refractivity contribution in [2.75, 3.05) is 6.54 Å². The average Bonchev–Trinajstić information content (AvgIpc) is 2.40. The predicted octanol–water partition coefficient (Wildman–Crippen LogP) is 3.60. The van der Waals surface area contributed by atoms with Crippen LogP contribution in [-0.2, 0) is 4.79 Å². The first-order valence-electron chi connectivity index (χ1n) is 7.50. The highest BCUT2D eigenvalue weighted by Crippen LogP contribution is 2.35. The molecule has 0 aromatic rings. The molecule has 2 aliphatic rings. The van der Waals surface area contributed by atoms with Crippen LogP contribution in [0.2, 0.25) is 0 Å². The Morgan fingerprint density at radius 2 is 1.65 bits per heavy atom. The van der Waals surface area contributed by atoms with Crippen molar-refractivity contribution in [3.63, 3.8) is 0 Å². The second-order valence-corrected chi connectivity index (χ2v) is 6.13. The summed E-state index contributed by atoms with van der Waals surface area (Å²) in [4.78, 5) is 14.6. The first kappa shape index (κ1) is 12.9. The zero-order chi connectivity index (χ0) is 12.3. The van der Waals surface area contributed by atoms with E-state index in [1.165, 1.54) is 44.9 Å². The molecule has 2 atom stereocenters. The lowest BCUT2D eigenvalue weighted by Crippen LogP contribution is -2.48. The number of rotatable bonds is 1. The number of carbonyl (C=O) groups is 1. The lowest BCUT2D eigenvalue weighted by Gasteiger charge is -2.40. The summed E-state index contributed by atoms with van der Waals surface area (Å²) >= 11 is 0. The summed E-state index contributed by atoms with van der Waals surface area (Å²) in [5.41, 5.74) is 0. The van der Waals surface area contributed by atoms with E-state index >= 15 is 0 Å². The number of fused-ring (bicyclic) bond motifs is 1. The van der Waals surface area contributed by atoms with Crippen molar-refractivity contribution in [1.82, 2.24) is 4.90 Å². The normalized spacial score (nSPS) is 31.7. The van der Waals surface area contributed by atoms with E-state index in [1.54, 1.807) is 0 Å². The molecule has 0 aromatic heterocycles. The van der Waals surface area contributed by atoms with Crippen LogP contribution in [0.1, 0.15) is 65.2 Å². The van der Waals surface area contributed by atoms with E-state index in [9.17, 15) is 4.79 Å². The highest BCUT2D eigenvalue weighted by molar-refractivity contribution is 5.80. The van der Waals surface area contributed by atoms with Crippen LogP contribution in [0.4, 0.5) is 0 Å². The highest BCUT2D eigenvalue weighted by atomic mass is 16.2. The van der Waals surface area contributed by atoms with Gasteiger partial charge in [-0.15, -0.1) is 0 Å². The van der Waals surface area contributed by atoms with Crippen LogP contribution in [0.25, 0.3) is 0 Å². The molecular weight excluding hydrogens is 210 g/mol. The molecule has 2 heteroatoms. The van der Waals surface area contributed by atoms with Crippen molar-refractivity contribution in [2.24, 2.45) is 11.8 Å². The fourth-order valence-electron chi connectivity index (χ4n) is 3.55. The maximum atomic E-state index is 12.5. The molecule has 17 heavy (non-hydrogen) atoms. The Kier molecular flexibility index (Phi) is 4.47. The maximum Gasteiger partial charge on any atom is 0.226 e. The van der Waals surface area contributed by atoms with E-state index < -0.39 is 0 Å². The number of nitrogens with zero attached hydrogens (tertiary/aromatic N) is 1. The summed E-state index contributed by atoms with van der Waals surface area (Å²) in [5.74, 6) is 1.50. The molecule has 0 bridgehead atoms. The van der Waals surface area contributed by atoms with E-state index in [2.05, 4.69) is 18.7 Å². The van der Waals surface area contributed by atoms with Crippen molar-refractivity contribution < 1.29 is 4.79 Å². The summed E-state index contributed by atoms with van der Waals surface area (Å²) in [5, 5.41) is 0. The van der Waals surface area contributed by atoms with Gasteiger partial charge in [0.1, 0.15) is 0 Å². The Balaban J connectivity index is 2.05. The van der Waals surface area contributed by atoms with Crippen molar-refractivity contribution in [1.29, 1.82) is 0 Å². The van der Waals surface area contributed by atoms with E-state index in [1.807, 2.05) is 0 Å². The number of hydrogen-bond donors (Lipinski definition) is 0. The Bertz CT molecular complexity index is 262. The summed E-state index contributed by atoms with van der Waals surface area (Å²) in [6, 6.07) is 0.385. The smallest absolute Gasteiger partial charge is 0.226 e. The molecule has 0 aromatic carbocycles. The number of amides is 1. The van der Waals surface area contributed by atoms with Crippen LogP contribution >= 0.6 is 0 Å². The molecule has 1 saturated heterocycles. The van der Waals surface area contributed by atoms with Gasteiger partial charge in [0.25, 0.3) is 0 Å². The third-order valence-corrected chi connectivity index (χ3v) is 4.62. The summed E-state index contributed by atoms with van der Waals surface area (Å²) < 4.78 is 0. The monoisotopic (exact) mass is 237 g/mol. The van der Waals surface area contributed by atoms with Gasteiger partial charge in [0.2, 0.25) is 5.91 Å². The predicted molar refractivity (Wildman–Crippen MR) is 70.8 cm³/mol. The number of hydrogen-bond acceptors (Lipinski definition) is 1. The van der Waals surface area contributed by atoms with Crippen LogP contribution in [0.5, 0.6) is 0 Å². The third kappa shape index (κ3) is 3.02. The molecular formula is C15H27NO. The maximum absolute atomic E-state index is 12.5. The van der Waals surface area contributed by atoms with Crippen molar-refractivity contribution >= 4 is 5.91 Å². The zero-order valence-electron chi connectivity index (χ0n) is 11.5. The molecule has 0 spiro atoms. The largest absolute Gasteiger partial charge is 0.340 e. The van der Waals surface area contributed by atoms with Crippen LogP contribution in [0, 0.1) is 11.8 Å². The molecule has 2 nitrogen and oxygen atoms in total. The van der Waals surface area contributed by atoms with E-state index in [0.717, 1.165) is 13.0 Å². The van der Waals surface area contributed by atoms with Gasteiger partial charge in [-0.1, -0.05) is 32.1 Å². The lowest BCUT2D eigenvalue weighted by atomic mass is 9.79. The van der Waals surface area contributed by atoms with Gasteiger partial charge in [-0.3, -0.25) is 4.79 Å². The van der Waals surface area contributed by atoms with Crippen LogP contribution in [0.3, 0.4) is 0 Å². The van der Waals surface area contributed by atoms with Gasteiger partial charge in [0, 0.05) is 18.5 Å². The van der Waals surface area contributed by atoms with E-state index in [0.29, 0.717) is 23.8 Å². The van der Waals surface area contributed by atoms with Gasteiger partial charge in [0.05, 0.1) is 0 Å². The second-order valence-electron chi connectivity index (χ2n) is 6.13. The Hall–Kier alpha value is -0.530. The second kappa shape index (κ2) is 5.88. The van der Waals surface area contributed by atoms with Gasteiger partial charge in [-0.05, 0) is 39.0 Å². The SMILES string of the molecule is CC(C)N1CCC2CCCCCCCC2C1=O. The standard InChI is InChI=1S/C15H27NO/c1-12(2)16-11-10-13-8-6-4-3-5-7-9-14(13)15(16)17/h12-14H,3-11H2,1-2H3. The minimum atomic E-state index is 0.351. The molecule has 98 valence electrons. The fraction of sp³-hybridized carbons (Fsp3) is 0.933. The van der Waals surface area contributed by atoms with Crippen LogP contribution < -0.4 is 0 Å². The van der Waals surface area contributed by atoms with Gasteiger partial charge < -0.3 is 4.90 Å². The number of carbonyl (C=O) groups excluding carboxylic acids is 1. The average molecular weight is 237 g/mol. The van der Waals surface area contributed by atoms with E-state index in [4.69, 9.17) is 0 Å². The Morgan fingerprint density at radius 3 is 2.35 bits per heavy atom. The molecule has 1 heterocycles. The summed E-state index contributed by atoms with van der Waals surface area (Å²) in [6.45, 7) is 5.29. The highest BCUT2D eigenvalue weighted by Gasteiger charge is 2.36. The fourth-order valence-corrected chi connectivity index (χ4v) is 3.55. The van der Waals surface area contributed by atoms with Gasteiger partial charge in [-0.25, -0.2) is 0 Å². The lowest BCUT2D eigenvalue weighted by molar-refractivity contribution is -0.143. The molecule has 0 N–H and O–H groups in total.